The molecule has 1 aliphatic rings. The Hall–Kier alpha value is -0.630. The molecule has 2 heterocycles. The quantitative estimate of drug-likeness (QED) is 0.859. The first-order valence-corrected chi connectivity index (χ1v) is 7.56. The minimum atomic E-state index is -3.56. The molecule has 100 valence electrons. The third kappa shape index (κ3) is 3.03. The highest BCUT2D eigenvalue weighted by molar-refractivity contribution is 7.93. The summed E-state index contributed by atoms with van der Waals surface area (Å²) in [6, 6.07) is 0. The van der Waals surface area contributed by atoms with E-state index < -0.39 is 15.3 Å². The number of halogens is 2. The summed E-state index contributed by atoms with van der Waals surface area (Å²) >= 11 is 11.6. The molecule has 9 heteroatoms. The van der Waals surface area contributed by atoms with Gasteiger partial charge in [0.05, 0.1) is 5.25 Å². The van der Waals surface area contributed by atoms with Crippen LogP contribution in [0.2, 0.25) is 10.3 Å². The number of nitrogens with zero attached hydrogens (tertiary/aromatic N) is 2. The van der Waals surface area contributed by atoms with Gasteiger partial charge in [0, 0.05) is 13.2 Å². The Morgan fingerprint density at radius 2 is 1.78 bits per heavy atom. The molecule has 0 aliphatic carbocycles. The van der Waals surface area contributed by atoms with Crippen molar-refractivity contribution in [2.45, 2.75) is 18.1 Å². The van der Waals surface area contributed by atoms with Gasteiger partial charge in [0.15, 0.2) is 10.3 Å². The highest BCUT2D eigenvalue weighted by atomic mass is 35.5. The average molecular weight is 312 g/mol. The molecule has 0 bridgehead atoms. The van der Waals surface area contributed by atoms with E-state index in [1.54, 1.807) is 0 Å². The normalized spacial score (nSPS) is 17.7. The Labute approximate surface area is 115 Å². The molecule has 18 heavy (non-hydrogen) atoms. The predicted octanol–water partition coefficient (Wildman–Crippen LogP) is 1.70. The molecule has 0 aromatic carbocycles. The molecular formula is C9H11Cl2N3O3S. The van der Waals surface area contributed by atoms with Crippen LogP contribution in [0.25, 0.3) is 0 Å². The van der Waals surface area contributed by atoms with Gasteiger partial charge in [-0.2, -0.15) is 0 Å². The van der Waals surface area contributed by atoms with E-state index in [-0.39, 0.29) is 16.0 Å². The predicted molar refractivity (Wildman–Crippen MR) is 68.4 cm³/mol. The lowest BCUT2D eigenvalue weighted by molar-refractivity contribution is 0.0984. The van der Waals surface area contributed by atoms with Crippen LogP contribution in [0.3, 0.4) is 0 Å². The van der Waals surface area contributed by atoms with Gasteiger partial charge < -0.3 is 4.74 Å². The lowest BCUT2D eigenvalue weighted by atomic mass is 10.2. The summed E-state index contributed by atoms with van der Waals surface area (Å²) < 4.78 is 31.7. The molecule has 6 nitrogen and oxygen atoms in total. The van der Waals surface area contributed by atoms with Crippen molar-refractivity contribution in [3.05, 3.63) is 16.6 Å². The Morgan fingerprint density at radius 1 is 1.22 bits per heavy atom. The van der Waals surface area contributed by atoms with Crippen LogP contribution in [-0.4, -0.2) is 36.8 Å². The van der Waals surface area contributed by atoms with Crippen LogP contribution in [-0.2, 0) is 14.8 Å². The Morgan fingerprint density at radius 3 is 2.33 bits per heavy atom. The first kappa shape index (κ1) is 13.8. The van der Waals surface area contributed by atoms with E-state index in [4.69, 9.17) is 27.9 Å². The average Bonchev–Trinajstić information content (AvgIpc) is 2.35. The minimum absolute atomic E-state index is 0.0207. The first-order chi connectivity index (χ1) is 8.50. The Balaban J connectivity index is 2.22. The van der Waals surface area contributed by atoms with Gasteiger partial charge in [-0.15, -0.1) is 0 Å². The van der Waals surface area contributed by atoms with Gasteiger partial charge in [-0.25, -0.2) is 18.4 Å². The maximum absolute atomic E-state index is 12.1. The van der Waals surface area contributed by atoms with Gasteiger partial charge in [0.1, 0.15) is 12.0 Å². The van der Waals surface area contributed by atoms with E-state index in [1.807, 2.05) is 0 Å². The Bertz CT molecular complexity index is 512. The highest BCUT2D eigenvalue weighted by Crippen LogP contribution is 2.28. The number of nitrogens with one attached hydrogen (secondary N) is 1. The van der Waals surface area contributed by atoms with Crippen molar-refractivity contribution in [3.8, 4) is 0 Å². The maximum Gasteiger partial charge on any atom is 0.235 e. The number of sulfonamides is 1. The van der Waals surface area contributed by atoms with Crippen LogP contribution >= 0.6 is 23.2 Å². The lowest BCUT2D eigenvalue weighted by Gasteiger charge is -2.22. The van der Waals surface area contributed by atoms with Gasteiger partial charge in [-0.3, -0.25) is 4.72 Å². The van der Waals surface area contributed by atoms with Crippen LogP contribution in [0.15, 0.2) is 6.33 Å². The second kappa shape index (κ2) is 5.56. The number of anilines is 1. The smallest absolute Gasteiger partial charge is 0.235 e. The lowest BCUT2D eigenvalue weighted by Crippen LogP contribution is -2.33. The third-order valence-corrected chi connectivity index (χ3v) is 5.02. The number of ether oxygens (including phenoxy) is 1. The van der Waals surface area contributed by atoms with Crippen molar-refractivity contribution in [1.82, 2.24) is 9.97 Å². The minimum Gasteiger partial charge on any atom is -0.381 e. The van der Waals surface area contributed by atoms with Gasteiger partial charge in [0.25, 0.3) is 0 Å². The summed E-state index contributed by atoms with van der Waals surface area (Å²) in [5, 5.41) is -0.560. The monoisotopic (exact) mass is 311 g/mol. The van der Waals surface area contributed by atoms with Crippen LogP contribution in [0.5, 0.6) is 0 Å². The number of hydrogen-bond acceptors (Lipinski definition) is 5. The summed E-state index contributed by atoms with van der Waals surface area (Å²) in [7, 11) is -3.56. The standard InChI is InChI=1S/C9H11Cl2N3O3S/c10-8-7(9(11)13-5-12-8)14-18(15,16)6-1-3-17-4-2-6/h5-6,14H,1-4H2. The van der Waals surface area contributed by atoms with Crippen molar-refractivity contribution in [2.75, 3.05) is 17.9 Å². The molecule has 0 amide bonds. The molecule has 1 N–H and O–H groups in total. The van der Waals surface area contributed by atoms with E-state index >= 15 is 0 Å². The molecular weight excluding hydrogens is 301 g/mol. The second-order valence-corrected chi connectivity index (χ2v) is 6.47. The fourth-order valence-corrected chi connectivity index (χ4v) is 3.62. The molecule has 1 saturated heterocycles. The largest absolute Gasteiger partial charge is 0.381 e. The van der Waals surface area contributed by atoms with E-state index in [0.717, 1.165) is 6.33 Å². The van der Waals surface area contributed by atoms with E-state index in [9.17, 15) is 8.42 Å². The second-order valence-electron chi connectivity index (χ2n) is 3.79. The molecule has 1 fully saturated rings. The third-order valence-electron chi connectivity index (χ3n) is 2.61. The zero-order chi connectivity index (χ0) is 13.2. The summed E-state index contributed by atoms with van der Waals surface area (Å²) in [5.41, 5.74) is 0.0207. The summed E-state index contributed by atoms with van der Waals surface area (Å²) in [6.45, 7) is 0.858. The van der Waals surface area contributed by atoms with Crippen molar-refractivity contribution < 1.29 is 13.2 Å². The topological polar surface area (TPSA) is 81.2 Å². The van der Waals surface area contributed by atoms with Gasteiger partial charge >= 0.3 is 0 Å². The van der Waals surface area contributed by atoms with E-state index in [0.29, 0.717) is 26.1 Å². The van der Waals surface area contributed by atoms with Crippen LogP contribution < -0.4 is 4.72 Å². The molecule has 0 spiro atoms. The van der Waals surface area contributed by atoms with Gasteiger partial charge in [-0.1, -0.05) is 23.2 Å². The van der Waals surface area contributed by atoms with E-state index in [1.165, 1.54) is 0 Å². The van der Waals surface area contributed by atoms with E-state index in [2.05, 4.69) is 14.7 Å². The fraction of sp³-hybridized carbons (Fsp3) is 0.556. The van der Waals surface area contributed by atoms with Crippen molar-refractivity contribution >= 4 is 38.9 Å². The SMILES string of the molecule is O=S(=O)(Nc1c(Cl)ncnc1Cl)C1CCOCC1. The first-order valence-electron chi connectivity index (χ1n) is 5.26. The summed E-state index contributed by atoms with van der Waals surface area (Å²) in [6.07, 6.45) is 2.05. The van der Waals surface area contributed by atoms with Crippen molar-refractivity contribution in [2.24, 2.45) is 0 Å². The number of aromatic nitrogens is 2. The molecule has 0 unspecified atom stereocenters. The maximum atomic E-state index is 12.1. The summed E-state index contributed by atoms with van der Waals surface area (Å²) in [5.74, 6) is 0. The van der Waals surface area contributed by atoms with Crippen LogP contribution in [0.4, 0.5) is 5.69 Å². The van der Waals surface area contributed by atoms with Crippen molar-refractivity contribution in [3.63, 3.8) is 0 Å². The molecule has 1 aromatic heterocycles. The number of rotatable bonds is 3. The molecule has 1 aromatic rings. The van der Waals surface area contributed by atoms with Gasteiger partial charge in [-0.05, 0) is 12.8 Å². The molecule has 2 rings (SSSR count). The van der Waals surface area contributed by atoms with Crippen LogP contribution in [0, 0.1) is 0 Å². The van der Waals surface area contributed by atoms with Crippen LogP contribution in [0.1, 0.15) is 12.8 Å². The molecule has 0 saturated carbocycles. The molecule has 0 atom stereocenters. The summed E-state index contributed by atoms with van der Waals surface area (Å²) in [4.78, 5) is 7.37. The zero-order valence-electron chi connectivity index (χ0n) is 9.27. The Kier molecular flexibility index (Phi) is 4.26. The van der Waals surface area contributed by atoms with Gasteiger partial charge in [0.2, 0.25) is 10.0 Å². The fourth-order valence-electron chi connectivity index (χ4n) is 1.64. The zero-order valence-corrected chi connectivity index (χ0v) is 11.6. The highest BCUT2D eigenvalue weighted by Gasteiger charge is 2.29. The number of hydrogen-bond donors (Lipinski definition) is 1. The molecule has 1 aliphatic heterocycles. The van der Waals surface area contributed by atoms with Crippen molar-refractivity contribution in [1.29, 1.82) is 0 Å². The molecule has 0 radical (unpaired) electrons.